The zero-order chi connectivity index (χ0) is 19.1. The van der Waals surface area contributed by atoms with Gasteiger partial charge in [-0.2, -0.15) is 0 Å². The number of aromatic nitrogens is 1. The van der Waals surface area contributed by atoms with Gasteiger partial charge in [0, 0.05) is 30.2 Å². The van der Waals surface area contributed by atoms with E-state index in [0.717, 1.165) is 29.6 Å². The number of quaternary nitrogens is 2. The van der Waals surface area contributed by atoms with Gasteiger partial charge in [0.25, 0.3) is 0 Å². The van der Waals surface area contributed by atoms with Crippen LogP contribution in [0.25, 0.3) is 0 Å². The number of methoxy groups -OCH3 is 1. The minimum Gasteiger partial charge on any atom is -0.493 e. The molecule has 1 aromatic carbocycles. The fourth-order valence-corrected chi connectivity index (χ4v) is 3.91. The highest BCUT2D eigenvalue weighted by atomic mass is 35.5. The van der Waals surface area contributed by atoms with Crippen LogP contribution in [0, 0.1) is 0 Å². The van der Waals surface area contributed by atoms with E-state index in [9.17, 15) is 0 Å². The van der Waals surface area contributed by atoms with Gasteiger partial charge in [0.1, 0.15) is 30.9 Å². The first-order chi connectivity index (χ1) is 13.2. The van der Waals surface area contributed by atoms with Gasteiger partial charge in [0.2, 0.25) is 0 Å². The summed E-state index contributed by atoms with van der Waals surface area (Å²) >= 11 is 5.82. The van der Waals surface area contributed by atoms with Crippen LogP contribution in [0.4, 0.5) is 0 Å². The molecule has 2 aromatic rings. The van der Waals surface area contributed by atoms with Gasteiger partial charge in [-0.1, -0.05) is 17.7 Å². The van der Waals surface area contributed by atoms with Gasteiger partial charge in [0.05, 0.1) is 20.2 Å². The molecule has 2 atom stereocenters. The van der Waals surface area contributed by atoms with Gasteiger partial charge in [-0.15, -0.1) is 0 Å². The molecule has 0 radical (unpaired) electrons. The van der Waals surface area contributed by atoms with E-state index in [1.165, 1.54) is 38.0 Å². The van der Waals surface area contributed by atoms with Crippen molar-refractivity contribution in [2.45, 2.75) is 39.0 Å². The van der Waals surface area contributed by atoms with Crippen molar-refractivity contribution < 1.29 is 19.7 Å². The summed E-state index contributed by atoms with van der Waals surface area (Å²) in [6, 6.07) is 10.7. The van der Waals surface area contributed by atoms with Crippen molar-refractivity contribution >= 4 is 11.6 Å². The van der Waals surface area contributed by atoms with Crippen LogP contribution in [-0.4, -0.2) is 37.8 Å². The lowest BCUT2D eigenvalue weighted by Crippen LogP contribution is -3.16. The number of nitrogens with two attached hydrogens (primary N) is 1. The molecule has 1 saturated heterocycles. The van der Waals surface area contributed by atoms with Gasteiger partial charge in [-0.25, -0.2) is 4.98 Å². The summed E-state index contributed by atoms with van der Waals surface area (Å²) in [6.45, 7) is 7.44. The second-order valence-corrected chi connectivity index (χ2v) is 7.48. The molecule has 1 aliphatic rings. The van der Waals surface area contributed by atoms with Crippen molar-refractivity contribution in [3.8, 4) is 11.5 Å². The number of hydrogen-bond acceptors (Lipinski definition) is 3. The summed E-state index contributed by atoms with van der Waals surface area (Å²) in [5.74, 6) is 1.51. The molecule has 0 aliphatic carbocycles. The van der Waals surface area contributed by atoms with Gasteiger partial charge in [0.15, 0.2) is 11.5 Å². The average Bonchev–Trinajstić information content (AvgIpc) is 3.15. The van der Waals surface area contributed by atoms with Crippen molar-refractivity contribution in [2.75, 3.05) is 26.7 Å². The number of benzene rings is 1. The van der Waals surface area contributed by atoms with Gasteiger partial charge < -0.3 is 19.7 Å². The molecule has 27 heavy (non-hydrogen) atoms. The average molecular weight is 392 g/mol. The van der Waals surface area contributed by atoms with Crippen LogP contribution >= 0.6 is 11.6 Å². The molecule has 0 bridgehead atoms. The topological polar surface area (TPSA) is 52.4 Å². The molecule has 3 rings (SSSR count). The second-order valence-electron chi connectivity index (χ2n) is 7.09. The summed E-state index contributed by atoms with van der Waals surface area (Å²) < 4.78 is 11.4. The highest BCUT2D eigenvalue weighted by molar-refractivity contribution is 6.29. The van der Waals surface area contributed by atoms with Crippen molar-refractivity contribution in [1.82, 2.24) is 4.98 Å². The third kappa shape index (κ3) is 5.58. The molecule has 1 aromatic heterocycles. The van der Waals surface area contributed by atoms with Gasteiger partial charge >= 0.3 is 0 Å². The molecule has 0 amide bonds. The van der Waals surface area contributed by atoms with Crippen molar-refractivity contribution in [3.63, 3.8) is 0 Å². The third-order valence-corrected chi connectivity index (χ3v) is 5.55. The number of hydrogen-bond donors (Lipinski definition) is 2. The SMILES string of the molecule is CC[NH+]1CCC[C@@H]1C[NH2+]Cc1ccc(OCc2ccc(Cl)nc2)c(OC)c1. The van der Waals surface area contributed by atoms with Crippen molar-refractivity contribution in [2.24, 2.45) is 0 Å². The Balaban J connectivity index is 1.53. The van der Waals surface area contributed by atoms with Gasteiger partial charge in [-0.3, -0.25) is 0 Å². The van der Waals surface area contributed by atoms with Gasteiger partial charge in [-0.05, 0) is 31.2 Å². The number of rotatable bonds is 9. The molecular weight excluding hydrogens is 362 g/mol. The molecular formula is C21H30ClN3O2+2. The van der Waals surface area contributed by atoms with E-state index in [1.807, 2.05) is 12.1 Å². The Hall–Kier alpha value is -1.82. The molecule has 1 unspecified atom stereocenters. The molecule has 146 valence electrons. The second kappa shape index (κ2) is 9.93. The molecule has 0 spiro atoms. The Morgan fingerprint density at radius 1 is 1.22 bits per heavy atom. The van der Waals surface area contributed by atoms with E-state index in [0.29, 0.717) is 11.8 Å². The fraction of sp³-hybridized carbons (Fsp3) is 0.476. The smallest absolute Gasteiger partial charge is 0.161 e. The van der Waals surface area contributed by atoms with E-state index in [2.05, 4.69) is 29.4 Å². The highest BCUT2D eigenvalue weighted by Crippen LogP contribution is 2.28. The predicted molar refractivity (Wildman–Crippen MR) is 106 cm³/mol. The molecule has 2 heterocycles. The van der Waals surface area contributed by atoms with E-state index in [-0.39, 0.29) is 0 Å². The molecule has 1 aliphatic heterocycles. The van der Waals surface area contributed by atoms with Crippen LogP contribution in [0.1, 0.15) is 30.9 Å². The summed E-state index contributed by atoms with van der Waals surface area (Å²) in [4.78, 5) is 5.83. The zero-order valence-electron chi connectivity index (χ0n) is 16.2. The number of likely N-dealkylation sites (tertiary alicyclic amines) is 1. The highest BCUT2D eigenvalue weighted by Gasteiger charge is 2.28. The quantitative estimate of drug-likeness (QED) is 0.636. The number of nitrogens with one attached hydrogen (secondary N) is 1. The number of halogens is 1. The van der Waals surface area contributed by atoms with E-state index < -0.39 is 0 Å². The number of nitrogens with zero attached hydrogens (tertiary/aromatic N) is 1. The monoisotopic (exact) mass is 391 g/mol. The Labute approximate surface area is 166 Å². The fourth-order valence-electron chi connectivity index (χ4n) is 3.80. The van der Waals surface area contributed by atoms with Crippen molar-refractivity contribution in [1.29, 1.82) is 0 Å². The number of likely N-dealkylation sites (N-methyl/N-ethyl adjacent to an activating group) is 1. The lowest BCUT2D eigenvalue weighted by Gasteiger charge is -2.18. The molecule has 0 saturated carbocycles. The van der Waals surface area contributed by atoms with Crippen LogP contribution in [0.5, 0.6) is 11.5 Å². The van der Waals surface area contributed by atoms with Crippen LogP contribution in [-0.2, 0) is 13.2 Å². The van der Waals surface area contributed by atoms with E-state index in [4.69, 9.17) is 21.1 Å². The maximum absolute atomic E-state index is 5.90. The van der Waals surface area contributed by atoms with Crippen LogP contribution in [0.3, 0.4) is 0 Å². The standard InChI is InChI=1S/C21H28ClN3O2/c1-3-25-10-4-5-18(25)14-23-12-16-6-8-19(20(11-16)26-2)27-15-17-7-9-21(22)24-13-17/h6-9,11,13,18,23H,3-5,10,12,14-15H2,1-2H3/p+2/t18-/m1/s1. The van der Waals surface area contributed by atoms with E-state index in [1.54, 1.807) is 24.3 Å². The largest absolute Gasteiger partial charge is 0.493 e. The van der Waals surface area contributed by atoms with E-state index >= 15 is 0 Å². The minimum absolute atomic E-state index is 0.434. The van der Waals surface area contributed by atoms with Crippen LogP contribution in [0.2, 0.25) is 5.15 Å². The van der Waals surface area contributed by atoms with Crippen molar-refractivity contribution in [3.05, 3.63) is 52.8 Å². The van der Waals surface area contributed by atoms with Crippen LogP contribution < -0.4 is 19.7 Å². The summed E-state index contributed by atoms with van der Waals surface area (Å²) in [6.07, 6.45) is 4.45. The first-order valence-corrected chi connectivity index (χ1v) is 10.1. The first-order valence-electron chi connectivity index (χ1n) is 9.76. The molecule has 3 N–H and O–H groups in total. The number of pyridine rings is 1. The molecule has 5 nitrogen and oxygen atoms in total. The Kier molecular flexibility index (Phi) is 7.33. The number of ether oxygens (including phenoxy) is 2. The molecule has 1 fully saturated rings. The lowest BCUT2D eigenvalue weighted by molar-refractivity contribution is -0.925. The summed E-state index contributed by atoms with van der Waals surface area (Å²) in [5, 5.41) is 2.90. The summed E-state index contributed by atoms with van der Waals surface area (Å²) in [7, 11) is 1.68. The Morgan fingerprint density at radius 2 is 2.07 bits per heavy atom. The minimum atomic E-state index is 0.434. The molecule has 6 heteroatoms. The first kappa shape index (κ1) is 19.9. The van der Waals surface area contributed by atoms with Crippen LogP contribution in [0.15, 0.2) is 36.5 Å². The maximum atomic E-state index is 5.90. The normalized spacial score (nSPS) is 19.2. The Bertz CT molecular complexity index is 724. The zero-order valence-corrected chi connectivity index (χ0v) is 17.0. The third-order valence-electron chi connectivity index (χ3n) is 5.32. The lowest BCUT2D eigenvalue weighted by atomic mass is 10.1. The predicted octanol–water partition coefficient (Wildman–Crippen LogP) is 1.45. The Morgan fingerprint density at radius 3 is 2.81 bits per heavy atom. The maximum Gasteiger partial charge on any atom is 0.161 e. The summed E-state index contributed by atoms with van der Waals surface area (Å²) in [5.41, 5.74) is 2.22.